The van der Waals surface area contributed by atoms with Crippen LogP contribution >= 0.6 is 0 Å². The number of rotatable bonds is 3. The third kappa shape index (κ3) is 4.87. The molecule has 0 radical (unpaired) electrons. The molecule has 0 aliphatic carbocycles. The molecule has 1 rings (SSSR count). The summed E-state index contributed by atoms with van der Waals surface area (Å²) in [5.41, 5.74) is 2.31. The highest BCUT2D eigenvalue weighted by Crippen LogP contribution is 2.20. The van der Waals surface area contributed by atoms with Gasteiger partial charge in [-0.05, 0) is 31.4 Å². The molecule has 86 valence electrons. The normalized spacial score (nSPS) is 20.7. The Kier molecular flexibility index (Phi) is 6.85. The van der Waals surface area contributed by atoms with E-state index >= 15 is 0 Å². The van der Waals surface area contributed by atoms with E-state index in [9.17, 15) is 0 Å². The van der Waals surface area contributed by atoms with E-state index < -0.39 is 0 Å². The van der Waals surface area contributed by atoms with Crippen LogP contribution in [0.15, 0.2) is 36.6 Å². The molecule has 0 bridgehead atoms. The number of nitrogens with zero attached hydrogens (tertiary/aromatic N) is 1. The molecule has 1 fully saturated rings. The van der Waals surface area contributed by atoms with Gasteiger partial charge in [-0.15, -0.1) is 0 Å². The molecule has 0 aromatic carbocycles. The van der Waals surface area contributed by atoms with Crippen molar-refractivity contribution < 1.29 is 0 Å². The Morgan fingerprint density at radius 3 is 2.33 bits per heavy atom. The first-order chi connectivity index (χ1) is 7.13. The molecule has 0 aromatic rings. The maximum atomic E-state index is 3.88. The third-order valence-corrected chi connectivity index (χ3v) is 2.39. The van der Waals surface area contributed by atoms with E-state index in [1.54, 1.807) is 0 Å². The Balaban J connectivity index is 0.000000921. The van der Waals surface area contributed by atoms with Crippen LogP contribution in [-0.4, -0.2) is 18.0 Å². The molecule has 1 nitrogen and oxygen atoms in total. The van der Waals surface area contributed by atoms with Crippen molar-refractivity contribution in [3.05, 3.63) is 36.6 Å². The third-order valence-electron chi connectivity index (χ3n) is 2.39. The molecule has 1 heterocycles. The average molecular weight is 207 g/mol. The zero-order valence-electron chi connectivity index (χ0n) is 10.7. The highest BCUT2D eigenvalue weighted by Gasteiger charge is 2.18. The van der Waals surface area contributed by atoms with Crippen LogP contribution < -0.4 is 0 Å². The zero-order valence-corrected chi connectivity index (χ0v) is 10.7. The van der Waals surface area contributed by atoms with Gasteiger partial charge in [-0.2, -0.15) is 0 Å². The quantitative estimate of drug-likeness (QED) is 0.632. The molecule has 1 heteroatoms. The Hall–Kier alpha value is -0.980. The summed E-state index contributed by atoms with van der Waals surface area (Å²) >= 11 is 0. The minimum atomic E-state index is 0.813. The van der Waals surface area contributed by atoms with E-state index in [0.717, 1.165) is 24.6 Å². The highest BCUT2D eigenvalue weighted by atomic mass is 15.2. The minimum absolute atomic E-state index is 0.813. The van der Waals surface area contributed by atoms with Gasteiger partial charge in [0.15, 0.2) is 0 Å². The summed E-state index contributed by atoms with van der Waals surface area (Å²) in [6.07, 6.45) is 5.32. The zero-order chi connectivity index (χ0) is 11.8. The van der Waals surface area contributed by atoms with Gasteiger partial charge in [0.05, 0.1) is 0 Å². The molecule has 0 amide bonds. The van der Waals surface area contributed by atoms with E-state index in [0.29, 0.717) is 0 Å². The second-order valence-electron chi connectivity index (χ2n) is 3.96. The highest BCUT2D eigenvalue weighted by molar-refractivity contribution is 5.25. The van der Waals surface area contributed by atoms with Crippen molar-refractivity contribution in [2.45, 2.75) is 34.1 Å². The summed E-state index contributed by atoms with van der Waals surface area (Å²) in [5.74, 6) is 0.813. The van der Waals surface area contributed by atoms with Crippen LogP contribution in [0, 0.1) is 5.92 Å². The van der Waals surface area contributed by atoms with Gasteiger partial charge < -0.3 is 4.90 Å². The summed E-state index contributed by atoms with van der Waals surface area (Å²) < 4.78 is 0. The fraction of sp³-hybridized carbons (Fsp3) is 0.571. The first-order valence-corrected chi connectivity index (χ1v) is 5.88. The maximum Gasteiger partial charge on any atom is 0.0362 e. The Bertz CT molecular complexity index is 238. The van der Waals surface area contributed by atoms with Gasteiger partial charge in [-0.25, -0.2) is 0 Å². The predicted octanol–water partition coefficient (Wildman–Crippen LogP) is 4.00. The van der Waals surface area contributed by atoms with Crippen molar-refractivity contribution >= 4 is 0 Å². The van der Waals surface area contributed by atoms with Gasteiger partial charge in [0.25, 0.3) is 0 Å². The lowest BCUT2D eigenvalue weighted by atomic mass is 10.2. The van der Waals surface area contributed by atoms with Gasteiger partial charge in [-0.3, -0.25) is 0 Å². The van der Waals surface area contributed by atoms with Crippen molar-refractivity contribution in [3.63, 3.8) is 0 Å². The van der Waals surface area contributed by atoms with Crippen LogP contribution in [0.3, 0.4) is 0 Å². The van der Waals surface area contributed by atoms with Gasteiger partial charge >= 0.3 is 0 Å². The lowest BCUT2D eigenvalue weighted by Crippen LogP contribution is -2.18. The topological polar surface area (TPSA) is 3.24 Å². The maximum absolute atomic E-state index is 3.88. The lowest BCUT2D eigenvalue weighted by Gasteiger charge is -2.19. The van der Waals surface area contributed by atoms with Gasteiger partial charge in [0.2, 0.25) is 0 Å². The largest absolute Gasteiger partial charge is 0.371 e. The molecule has 0 N–H and O–H groups in total. The molecule has 0 saturated carbocycles. The Labute approximate surface area is 95.2 Å². The molecule has 0 spiro atoms. The summed E-state index contributed by atoms with van der Waals surface area (Å²) in [6, 6.07) is 0. The summed E-state index contributed by atoms with van der Waals surface area (Å²) in [6.45, 7) is 18.3. The van der Waals surface area contributed by atoms with Crippen molar-refractivity contribution in [2.75, 3.05) is 13.1 Å². The monoisotopic (exact) mass is 207 g/mol. The number of allylic oxidation sites excluding steroid dienone is 3. The smallest absolute Gasteiger partial charge is 0.0362 e. The molecule has 1 saturated heterocycles. The molecule has 0 aromatic heterocycles. The molecule has 1 atom stereocenters. The van der Waals surface area contributed by atoms with Crippen molar-refractivity contribution in [1.29, 1.82) is 0 Å². The molecular formula is C14H25N. The van der Waals surface area contributed by atoms with Gasteiger partial charge in [-0.1, -0.05) is 39.5 Å². The average Bonchev–Trinajstić information content (AvgIpc) is 2.64. The Morgan fingerprint density at radius 1 is 1.40 bits per heavy atom. The van der Waals surface area contributed by atoms with Crippen molar-refractivity contribution in [1.82, 2.24) is 4.90 Å². The van der Waals surface area contributed by atoms with E-state index in [2.05, 4.69) is 31.1 Å². The van der Waals surface area contributed by atoms with E-state index in [4.69, 9.17) is 0 Å². The molecule has 1 aliphatic rings. The van der Waals surface area contributed by atoms with E-state index in [1.807, 2.05) is 26.8 Å². The van der Waals surface area contributed by atoms with Crippen molar-refractivity contribution in [2.24, 2.45) is 5.92 Å². The van der Waals surface area contributed by atoms with E-state index in [1.165, 1.54) is 12.1 Å². The van der Waals surface area contributed by atoms with Gasteiger partial charge in [0, 0.05) is 18.8 Å². The summed E-state index contributed by atoms with van der Waals surface area (Å²) in [5, 5.41) is 0. The van der Waals surface area contributed by atoms with Crippen LogP contribution in [0.25, 0.3) is 0 Å². The number of hydrogen-bond acceptors (Lipinski definition) is 1. The fourth-order valence-corrected chi connectivity index (χ4v) is 1.70. The summed E-state index contributed by atoms with van der Waals surface area (Å²) in [7, 11) is 0. The minimum Gasteiger partial charge on any atom is -0.371 e. The van der Waals surface area contributed by atoms with Crippen LogP contribution in [-0.2, 0) is 0 Å². The first-order valence-electron chi connectivity index (χ1n) is 5.88. The van der Waals surface area contributed by atoms with Crippen LogP contribution in [0.2, 0.25) is 0 Å². The molecular weight excluding hydrogens is 182 g/mol. The molecule has 15 heavy (non-hydrogen) atoms. The van der Waals surface area contributed by atoms with Crippen LogP contribution in [0.4, 0.5) is 0 Å². The number of hydrogen-bond donors (Lipinski definition) is 0. The van der Waals surface area contributed by atoms with Crippen LogP contribution in [0.5, 0.6) is 0 Å². The van der Waals surface area contributed by atoms with Crippen molar-refractivity contribution in [3.8, 4) is 0 Å². The fourth-order valence-electron chi connectivity index (χ4n) is 1.70. The van der Waals surface area contributed by atoms with Gasteiger partial charge in [0.1, 0.15) is 0 Å². The standard InChI is InChI=1S/C12H19N.C2H6/c1-5-12(8-10(2)3)13-7-6-11(4)9-13;1-2/h5,8,11H,1-2,6-7,9H2,3-4H3;1-2H3/b12-8+;. The Morgan fingerprint density at radius 2 is 2.00 bits per heavy atom. The number of likely N-dealkylation sites (tertiary alicyclic amines) is 1. The predicted molar refractivity (Wildman–Crippen MR) is 69.8 cm³/mol. The van der Waals surface area contributed by atoms with Crippen LogP contribution in [0.1, 0.15) is 34.1 Å². The second-order valence-corrected chi connectivity index (χ2v) is 3.96. The molecule has 1 aliphatic heterocycles. The SMILES string of the molecule is C=C/C(=C\C(=C)C)N1CCC(C)C1.CC. The second kappa shape index (κ2) is 7.33. The lowest BCUT2D eigenvalue weighted by molar-refractivity contribution is 0.423. The summed E-state index contributed by atoms with van der Waals surface area (Å²) in [4.78, 5) is 2.38. The molecule has 1 unspecified atom stereocenters. The van der Waals surface area contributed by atoms with E-state index in [-0.39, 0.29) is 0 Å². The first kappa shape index (κ1) is 14.0.